The summed E-state index contributed by atoms with van der Waals surface area (Å²) >= 11 is 0. The zero-order valence-electron chi connectivity index (χ0n) is 53.8. The molecule has 7 N–H and O–H groups in total. The summed E-state index contributed by atoms with van der Waals surface area (Å²) in [6.07, 6.45) is -2.34. The molecule has 6 amide bonds. The fourth-order valence-corrected chi connectivity index (χ4v) is 8.46. The van der Waals surface area contributed by atoms with Gasteiger partial charge in [0.15, 0.2) is 0 Å². The number of nitrogens with one attached hydrogen (secondary N) is 6. The Bertz CT molecular complexity index is 2470. The third-order valence-corrected chi connectivity index (χ3v) is 12.6. The average Bonchev–Trinajstić information content (AvgIpc) is 0.776. The van der Waals surface area contributed by atoms with Crippen LogP contribution in [0.3, 0.4) is 0 Å². The molecule has 3 rings (SSSR count). The molecule has 0 saturated carbocycles. The maximum atomic E-state index is 14.5. The molecule has 0 aliphatic rings. The minimum absolute atomic E-state index is 0.0207. The highest BCUT2D eigenvalue weighted by Gasteiger charge is 2.40. The smallest absolute Gasteiger partial charge is 0.417 e. The van der Waals surface area contributed by atoms with Crippen LogP contribution in [0.15, 0.2) is 91.0 Å². The van der Waals surface area contributed by atoms with Gasteiger partial charge in [0.05, 0.1) is 112 Å². The second-order valence-corrected chi connectivity index (χ2v) is 22.9. The number of rotatable bonds is 44. The second kappa shape index (κ2) is 42.8. The molecule has 0 spiro atoms. The van der Waals surface area contributed by atoms with Gasteiger partial charge in [-0.05, 0) is 83.4 Å². The normalized spacial score (nSPS) is 12.7. The Kier molecular flexibility index (Phi) is 36.6. The lowest BCUT2D eigenvalue weighted by atomic mass is 9.80. The van der Waals surface area contributed by atoms with E-state index in [1.165, 1.54) is 0 Å². The van der Waals surface area contributed by atoms with E-state index < -0.39 is 95.8 Å². The maximum Gasteiger partial charge on any atom is 0.417 e. The molecule has 26 nitrogen and oxygen atoms in total. The number of guanidine groups is 1. The molecule has 90 heavy (non-hydrogen) atoms. The number of nitrogens with zero attached hydrogens (tertiary/aromatic N) is 1. The van der Waals surface area contributed by atoms with E-state index >= 15 is 0 Å². The van der Waals surface area contributed by atoms with Crippen LogP contribution in [0.1, 0.15) is 97.8 Å². The topological polar surface area (TPSA) is 328 Å². The predicted molar refractivity (Wildman–Crippen MR) is 333 cm³/mol. The number of carbonyl (C=O) groups is 7. The third kappa shape index (κ3) is 32.0. The first-order chi connectivity index (χ1) is 42.9. The van der Waals surface area contributed by atoms with Crippen molar-refractivity contribution in [1.29, 1.82) is 5.41 Å². The van der Waals surface area contributed by atoms with Gasteiger partial charge in [0.2, 0.25) is 29.6 Å². The van der Waals surface area contributed by atoms with Crippen LogP contribution in [0, 0.1) is 11.3 Å². The van der Waals surface area contributed by atoms with E-state index in [1.54, 1.807) is 48.7 Å². The minimum Gasteiger partial charge on any atom is -0.480 e. The molecule has 0 aliphatic heterocycles. The molecule has 0 bridgehead atoms. The summed E-state index contributed by atoms with van der Waals surface area (Å²) < 4.78 is 61.1. The van der Waals surface area contributed by atoms with Crippen LogP contribution in [0.5, 0.6) is 0 Å². The quantitative estimate of drug-likeness (QED) is 0.0163. The SMILES string of the molecule is COCCOCCOCCOCCOCCOCCOCCOCCC(=O)N[C@@H](CC(C)C)C(=O)N[C@@H](COC(c1ccccc1)(c1ccccc1)c1ccccc1)C(=O)NCC(=O)N[C@@H](CCCN(C(=N)NC(=O)OC(C)(C)C)C(=O)OC(C)(C)C)C(=O)O. The number of carboxylic acid groups (broad SMARTS) is 1. The lowest BCUT2D eigenvalue weighted by Gasteiger charge is -2.37. The van der Waals surface area contributed by atoms with E-state index in [0.29, 0.717) is 96.0 Å². The number of hydrogen-bond donors (Lipinski definition) is 7. The fourth-order valence-electron chi connectivity index (χ4n) is 8.46. The van der Waals surface area contributed by atoms with Crippen LogP contribution >= 0.6 is 0 Å². The molecule has 3 aromatic carbocycles. The number of carboxylic acids is 1. The van der Waals surface area contributed by atoms with Gasteiger partial charge in [0, 0.05) is 20.1 Å². The second-order valence-electron chi connectivity index (χ2n) is 22.9. The first kappa shape index (κ1) is 77.1. The van der Waals surface area contributed by atoms with Crippen LogP contribution in [0.4, 0.5) is 9.59 Å². The molecule has 502 valence electrons. The number of benzene rings is 3. The van der Waals surface area contributed by atoms with Crippen molar-refractivity contribution in [3.8, 4) is 0 Å². The van der Waals surface area contributed by atoms with Crippen molar-refractivity contribution in [1.82, 2.24) is 31.5 Å². The maximum absolute atomic E-state index is 14.5. The molecule has 0 saturated heterocycles. The predicted octanol–water partition coefficient (Wildman–Crippen LogP) is 5.33. The van der Waals surface area contributed by atoms with Crippen LogP contribution in [0.25, 0.3) is 0 Å². The molecule has 0 aromatic heterocycles. The highest BCUT2D eigenvalue weighted by atomic mass is 16.6. The van der Waals surface area contributed by atoms with Gasteiger partial charge in [-0.2, -0.15) is 0 Å². The van der Waals surface area contributed by atoms with Crippen molar-refractivity contribution in [3.63, 3.8) is 0 Å². The molecule has 0 heterocycles. The van der Waals surface area contributed by atoms with E-state index in [4.69, 9.17) is 57.5 Å². The van der Waals surface area contributed by atoms with Crippen molar-refractivity contribution >= 4 is 47.7 Å². The zero-order valence-corrected chi connectivity index (χ0v) is 53.8. The van der Waals surface area contributed by atoms with Gasteiger partial charge in [-0.1, -0.05) is 105 Å². The molecule has 26 heteroatoms. The number of amides is 6. The molecular formula is C64H97N7O19. The van der Waals surface area contributed by atoms with E-state index in [2.05, 4.69) is 26.6 Å². The number of aliphatic carboxylic acids is 1. The number of carbonyl (C=O) groups excluding carboxylic acids is 6. The van der Waals surface area contributed by atoms with E-state index in [-0.39, 0.29) is 58.0 Å². The largest absolute Gasteiger partial charge is 0.480 e. The summed E-state index contributed by atoms with van der Waals surface area (Å²) in [5.41, 5.74) is -1.22. The van der Waals surface area contributed by atoms with Gasteiger partial charge >= 0.3 is 18.2 Å². The molecular weight excluding hydrogens is 1170 g/mol. The number of alkyl carbamates (subject to hydrolysis) is 1. The Labute approximate surface area is 529 Å². The molecule has 0 unspecified atom stereocenters. The molecule has 0 aliphatic carbocycles. The van der Waals surface area contributed by atoms with Gasteiger partial charge in [-0.25, -0.2) is 19.3 Å². The minimum atomic E-state index is -1.55. The Morgan fingerprint density at radius 1 is 0.533 bits per heavy atom. The summed E-state index contributed by atoms with van der Waals surface area (Å²) in [4.78, 5) is 95.0. The summed E-state index contributed by atoms with van der Waals surface area (Å²) in [5, 5.41) is 31.3. The van der Waals surface area contributed by atoms with Gasteiger partial charge < -0.3 is 78.5 Å². The lowest BCUT2D eigenvalue weighted by molar-refractivity contribution is -0.142. The Balaban J connectivity index is 1.66. The Morgan fingerprint density at radius 2 is 0.956 bits per heavy atom. The summed E-state index contributed by atoms with van der Waals surface area (Å²) in [6.45, 7) is 17.6. The summed E-state index contributed by atoms with van der Waals surface area (Å²) in [6, 6.07) is 23.7. The van der Waals surface area contributed by atoms with Gasteiger partial charge in [-0.15, -0.1) is 0 Å². The molecule has 0 radical (unpaired) electrons. The van der Waals surface area contributed by atoms with Crippen LogP contribution in [-0.4, -0.2) is 213 Å². The highest BCUT2D eigenvalue weighted by Crippen LogP contribution is 2.40. The highest BCUT2D eigenvalue weighted by molar-refractivity contribution is 6.00. The zero-order chi connectivity index (χ0) is 66.2. The van der Waals surface area contributed by atoms with E-state index in [9.17, 15) is 38.7 Å². The Morgan fingerprint density at radius 3 is 1.37 bits per heavy atom. The third-order valence-electron chi connectivity index (χ3n) is 12.6. The van der Waals surface area contributed by atoms with Gasteiger partial charge in [-0.3, -0.25) is 29.9 Å². The first-order valence-electron chi connectivity index (χ1n) is 30.3. The average molecular weight is 1270 g/mol. The number of methoxy groups -OCH3 is 1. The first-order valence-corrected chi connectivity index (χ1v) is 30.3. The number of hydrogen-bond acceptors (Lipinski definition) is 19. The number of ether oxygens (including phenoxy) is 11. The van der Waals surface area contributed by atoms with Crippen molar-refractivity contribution in [2.24, 2.45) is 5.92 Å². The monoisotopic (exact) mass is 1270 g/mol. The van der Waals surface area contributed by atoms with Crippen LogP contribution < -0.4 is 26.6 Å². The Hall–Kier alpha value is -7.14. The summed E-state index contributed by atoms with van der Waals surface area (Å²) in [7, 11) is 1.62. The van der Waals surface area contributed by atoms with Crippen molar-refractivity contribution in [2.75, 3.05) is 126 Å². The van der Waals surface area contributed by atoms with E-state index in [0.717, 1.165) is 4.90 Å². The van der Waals surface area contributed by atoms with Crippen LogP contribution in [0.2, 0.25) is 0 Å². The van der Waals surface area contributed by atoms with E-state index in [1.807, 2.05) is 105 Å². The van der Waals surface area contributed by atoms with Crippen molar-refractivity contribution < 1.29 is 90.8 Å². The fraction of sp³-hybridized carbons (Fsp3) is 0.594. The van der Waals surface area contributed by atoms with Gasteiger partial charge in [0.25, 0.3) is 0 Å². The van der Waals surface area contributed by atoms with Gasteiger partial charge in [0.1, 0.15) is 34.9 Å². The van der Waals surface area contributed by atoms with Crippen molar-refractivity contribution in [3.05, 3.63) is 108 Å². The van der Waals surface area contributed by atoms with Crippen molar-refractivity contribution in [2.45, 2.75) is 116 Å². The lowest BCUT2D eigenvalue weighted by Crippen LogP contribution is -2.57. The molecule has 3 aromatic rings. The standard InChI is InChI=1S/C64H97N7O19/c1-47(2)44-52(68-54(72)27-29-81-32-33-83-36-37-85-40-41-87-43-42-86-39-38-84-35-34-82-31-30-80-9)57(75)69-53(46-88-64(48-20-13-10-14-21-48,49-22-15-11-16-23-49)50-24-17-12-18-25-50)56(74)66-45-55(73)67-51(58(76)77)26-19-28-71(61(79)90-63(6,7)8)59(65)70-60(78)89-62(3,4)5/h10-18,20-25,47,51-53H,19,26-46H2,1-9H3,(H,66,74)(H,67,73)(H,68,72)(H,69,75)(H,76,77)(H2,65,70,78)/t51-,52-,53-/m0/s1. The molecule has 0 fully saturated rings. The summed E-state index contributed by atoms with van der Waals surface area (Å²) in [5.74, 6) is -5.25. The molecule has 3 atom stereocenters. The van der Waals surface area contributed by atoms with Crippen LogP contribution in [-0.2, 0) is 81.7 Å².